The monoisotopic (exact) mass is 231 g/mol. The summed E-state index contributed by atoms with van der Waals surface area (Å²) in [5.41, 5.74) is 6.80. The van der Waals surface area contributed by atoms with Crippen LogP contribution < -0.4 is 5.73 Å². The predicted octanol–water partition coefficient (Wildman–Crippen LogP) is 2.09. The normalized spacial score (nSPS) is 20.2. The van der Waals surface area contributed by atoms with Crippen molar-refractivity contribution in [3.8, 4) is 0 Å². The fourth-order valence-corrected chi connectivity index (χ4v) is 2.36. The van der Waals surface area contributed by atoms with E-state index < -0.39 is 5.91 Å². The summed E-state index contributed by atoms with van der Waals surface area (Å²) in [5, 5.41) is 0. The average Bonchev–Trinajstić information content (AvgIpc) is 2.33. The van der Waals surface area contributed by atoms with Crippen LogP contribution >= 0.6 is 0 Å². The average molecular weight is 231 g/mol. The summed E-state index contributed by atoms with van der Waals surface area (Å²) in [5.74, 6) is 0.142. The van der Waals surface area contributed by atoms with Crippen molar-refractivity contribution in [2.24, 2.45) is 11.7 Å². The minimum absolute atomic E-state index is 0.170. The van der Waals surface area contributed by atoms with E-state index in [4.69, 9.17) is 5.73 Å². The molecule has 3 heteroatoms. The molecule has 1 aliphatic rings. The topological polar surface area (TPSA) is 60.2 Å². The van der Waals surface area contributed by atoms with Crippen molar-refractivity contribution in [3.05, 3.63) is 35.4 Å². The molecule has 0 saturated heterocycles. The number of rotatable bonds is 3. The summed E-state index contributed by atoms with van der Waals surface area (Å²) in [7, 11) is 0. The maximum absolute atomic E-state index is 11.7. The number of carbonyl (C=O) groups excluding carboxylic acids is 2. The molecule has 1 aromatic rings. The van der Waals surface area contributed by atoms with E-state index in [1.165, 1.54) is 0 Å². The Morgan fingerprint density at radius 2 is 1.94 bits per heavy atom. The van der Waals surface area contributed by atoms with E-state index in [2.05, 4.69) is 0 Å². The molecule has 1 aromatic carbocycles. The molecule has 2 rings (SSSR count). The van der Waals surface area contributed by atoms with Crippen LogP contribution in [0.5, 0.6) is 0 Å². The van der Waals surface area contributed by atoms with E-state index in [9.17, 15) is 9.59 Å². The fourth-order valence-electron chi connectivity index (χ4n) is 2.36. The minimum Gasteiger partial charge on any atom is -0.366 e. The lowest BCUT2D eigenvalue weighted by Gasteiger charge is -2.20. The van der Waals surface area contributed by atoms with Crippen LogP contribution in [0.4, 0.5) is 0 Å². The van der Waals surface area contributed by atoms with Crippen molar-refractivity contribution < 1.29 is 9.59 Å². The second-order valence-electron chi connectivity index (χ2n) is 4.67. The molecule has 1 unspecified atom stereocenters. The van der Waals surface area contributed by atoms with E-state index >= 15 is 0 Å². The summed E-state index contributed by atoms with van der Waals surface area (Å²) in [6, 6.07) is 7.24. The molecule has 0 heterocycles. The van der Waals surface area contributed by atoms with Gasteiger partial charge in [0.25, 0.3) is 0 Å². The van der Waals surface area contributed by atoms with Crippen LogP contribution in [-0.2, 0) is 11.2 Å². The molecule has 0 bridgehead atoms. The summed E-state index contributed by atoms with van der Waals surface area (Å²) in [6.45, 7) is 0. The van der Waals surface area contributed by atoms with E-state index in [-0.39, 0.29) is 5.92 Å². The second-order valence-corrected chi connectivity index (χ2v) is 4.67. The highest BCUT2D eigenvalue weighted by Gasteiger charge is 2.22. The zero-order chi connectivity index (χ0) is 12.3. The van der Waals surface area contributed by atoms with Crippen molar-refractivity contribution in [2.45, 2.75) is 32.1 Å². The quantitative estimate of drug-likeness (QED) is 0.865. The predicted molar refractivity (Wildman–Crippen MR) is 65.6 cm³/mol. The van der Waals surface area contributed by atoms with Gasteiger partial charge >= 0.3 is 0 Å². The van der Waals surface area contributed by atoms with Gasteiger partial charge in [-0.3, -0.25) is 9.59 Å². The van der Waals surface area contributed by atoms with Crippen LogP contribution in [0, 0.1) is 5.92 Å². The van der Waals surface area contributed by atoms with Gasteiger partial charge in [0.1, 0.15) is 5.78 Å². The lowest BCUT2D eigenvalue weighted by atomic mass is 9.83. The Hall–Kier alpha value is -1.64. The Balaban J connectivity index is 2.03. The third-order valence-electron chi connectivity index (χ3n) is 3.40. The van der Waals surface area contributed by atoms with Gasteiger partial charge in [-0.05, 0) is 37.0 Å². The molecule has 1 atom stereocenters. The molecule has 1 aliphatic carbocycles. The number of primary amides is 1. The Bertz CT molecular complexity index is 422. The third-order valence-corrected chi connectivity index (χ3v) is 3.40. The molecule has 17 heavy (non-hydrogen) atoms. The molecule has 0 spiro atoms. The molecule has 90 valence electrons. The van der Waals surface area contributed by atoms with Crippen molar-refractivity contribution in [1.29, 1.82) is 0 Å². The highest BCUT2D eigenvalue weighted by molar-refractivity contribution is 5.92. The number of carbonyl (C=O) groups is 2. The first kappa shape index (κ1) is 11.8. The van der Waals surface area contributed by atoms with Crippen LogP contribution in [0.1, 0.15) is 41.6 Å². The molecule has 0 radical (unpaired) electrons. The highest BCUT2D eigenvalue weighted by atomic mass is 16.1. The van der Waals surface area contributed by atoms with Gasteiger partial charge in [-0.15, -0.1) is 0 Å². The van der Waals surface area contributed by atoms with Crippen LogP contribution in [0.25, 0.3) is 0 Å². The van der Waals surface area contributed by atoms with Crippen molar-refractivity contribution in [1.82, 2.24) is 0 Å². The van der Waals surface area contributed by atoms with Crippen molar-refractivity contribution in [3.63, 3.8) is 0 Å². The maximum Gasteiger partial charge on any atom is 0.248 e. The lowest BCUT2D eigenvalue weighted by Crippen LogP contribution is -2.21. The Kier molecular flexibility index (Phi) is 3.57. The molecule has 3 nitrogen and oxygen atoms in total. The molecule has 2 N–H and O–H groups in total. The fraction of sp³-hybridized carbons (Fsp3) is 0.429. The largest absolute Gasteiger partial charge is 0.366 e. The van der Waals surface area contributed by atoms with Gasteiger partial charge in [-0.25, -0.2) is 0 Å². The lowest BCUT2D eigenvalue weighted by molar-refractivity contribution is -0.124. The number of Topliss-reactive ketones (excluding diaryl/α,β-unsaturated/α-hetero) is 1. The number of ketones is 1. The van der Waals surface area contributed by atoms with E-state index in [1.807, 2.05) is 12.1 Å². The first-order valence-electron chi connectivity index (χ1n) is 6.08. The molecular formula is C14H17NO2. The number of benzene rings is 1. The number of hydrogen-bond acceptors (Lipinski definition) is 2. The highest BCUT2D eigenvalue weighted by Crippen LogP contribution is 2.24. The SMILES string of the molecule is NC(=O)c1ccc(CC2CCCCC2=O)cc1. The van der Waals surface area contributed by atoms with Crippen LogP contribution in [0.15, 0.2) is 24.3 Å². The zero-order valence-electron chi connectivity index (χ0n) is 9.82. The van der Waals surface area contributed by atoms with Gasteiger partial charge in [0, 0.05) is 17.9 Å². The molecule has 1 saturated carbocycles. The molecule has 1 amide bonds. The maximum atomic E-state index is 11.7. The Morgan fingerprint density at radius 1 is 1.24 bits per heavy atom. The van der Waals surface area contributed by atoms with Gasteiger partial charge in [0.2, 0.25) is 5.91 Å². The van der Waals surface area contributed by atoms with E-state index in [0.29, 0.717) is 11.3 Å². The minimum atomic E-state index is -0.412. The molecule has 0 aromatic heterocycles. The van der Waals surface area contributed by atoms with E-state index in [0.717, 1.165) is 37.7 Å². The summed E-state index contributed by atoms with van der Waals surface area (Å²) in [6.07, 6.45) is 4.70. The Morgan fingerprint density at radius 3 is 2.53 bits per heavy atom. The molecule has 1 fully saturated rings. The Labute approximate surface area is 101 Å². The summed E-state index contributed by atoms with van der Waals surface area (Å²) < 4.78 is 0. The van der Waals surface area contributed by atoms with Gasteiger partial charge in [-0.1, -0.05) is 18.6 Å². The van der Waals surface area contributed by atoms with Gasteiger partial charge in [0.05, 0.1) is 0 Å². The smallest absolute Gasteiger partial charge is 0.248 e. The zero-order valence-corrected chi connectivity index (χ0v) is 9.82. The van der Waals surface area contributed by atoms with Crippen LogP contribution in [-0.4, -0.2) is 11.7 Å². The second kappa shape index (κ2) is 5.13. The molecule has 0 aliphatic heterocycles. The number of nitrogens with two attached hydrogens (primary N) is 1. The van der Waals surface area contributed by atoms with Crippen molar-refractivity contribution in [2.75, 3.05) is 0 Å². The summed E-state index contributed by atoms with van der Waals surface area (Å²) in [4.78, 5) is 22.6. The third kappa shape index (κ3) is 2.93. The molecular weight excluding hydrogens is 214 g/mol. The van der Waals surface area contributed by atoms with Crippen LogP contribution in [0.2, 0.25) is 0 Å². The van der Waals surface area contributed by atoms with Crippen LogP contribution in [0.3, 0.4) is 0 Å². The number of hydrogen-bond donors (Lipinski definition) is 1. The first-order valence-corrected chi connectivity index (χ1v) is 6.08. The van der Waals surface area contributed by atoms with Crippen molar-refractivity contribution >= 4 is 11.7 Å². The standard InChI is InChI=1S/C14H17NO2/c15-14(17)11-7-5-10(6-8-11)9-12-3-1-2-4-13(12)16/h5-8,12H,1-4,9H2,(H2,15,17). The van der Waals surface area contributed by atoms with E-state index in [1.54, 1.807) is 12.1 Å². The van der Waals surface area contributed by atoms with Gasteiger partial charge < -0.3 is 5.73 Å². The first-order chi connectivity index (χ1) is 8.16. The van der Waals surface area contributed by atoms with Gasteiger partial charge in [-0.2, -0.15) is 0 Å². The number of amides is 1. The van der Waals surface area contributed by atoms with Gasteiger partial charge in [0.15, 0.2) is 0 Å². The summed E-state index contributed by atoms with van der Waals surface area (Å²) >= 11 is 0.